The number of hydrogen-bond donors (Lipinski definition) is 3. The molecule has 0 radical (unpaired) electrons. The zero-order valence-corrected chi connectivity index (χ0v) is 17.1. The highest BCUT2D eigenvalue weighted by Crippen LogP contribution is 2.20. The van der Waals surface area contributed by atoms with Crippen molar-refractivity contribution in [3.05, 3.63) is 64.2 Å². The third-order valence-electron chi connectivity index (χ3n) is 3.34. The van der Waals surface area contributed by atoms with Gasteiger partial charge in [0.1, 0.15) is 0 Å². The number of nitrogens with zero attached hydrogens (tertiary/aromatic N) is 3. The molecule has 6 nitrogen and oxygen atoms in total. The van der Waals surface area contributed by atoms with Gasteiger partial charge in [0, 0.05) is 16.8 Å². The van der Waals surface area contributed by atoms with Gasteiger partial charge in [-0.25, -0.2) is 9.67 Å². The zero-order valence-electron chi connectivity index (χ0n) is 16.2. The van der Waals surface area contributed by atoms with Crippen molar-refractivity contribution in [1.29, 1.82) is 5.26 Å². The summed E-state index contributed by atoms with van der Waals surface area (Å²) in [6.45, 7) is 5.83. The molecule has 0 aliphatic carbocycles. The Bertz CT molecular complexity index is 934. The Kier molecular flexibility index (Phi) is 9.06. The smallest absolute Gasteiger partial charge is 0.280 e. The average molecular weight is 384 g/mol. The number of pyridine rings is 1. The molecule has 3 aromatic rings. The van der Waals surface area contributed by atoms with Crippen LogP contribution in [0.3, 0.4) is 0 Å². The van der Waals surface area contributed by atoms with Gasteiger partial charge in [0.05, 0.1) is 17.2 Å². The van der Waals surface area contributed by atoms with E-state index < -0.39 is 0 Å². The van der Waals surface area contributed by atoms with Crippen LogP contribution < -0.4 is 10.9 Å². The van der Waals surface area contributed by atoms with Crippen molar-refractivity contribution in [1.82, 2.24) is 20.1 Å². The van der Waals surface area contributed by atoms with E-state index in [1.165, 1.54) is 4.68 Å². The highest BCUT2D eigenvalue weighted by atomic mass is 32.1. The highest BCUT2D eigenvalue weighted by Gasteiger charge is 2.14. The predicted molar refractivity (Wildman–Crippen MR) is 113 cm³/mol. The number of aromatic amines is 1. The highest BCUT2D eigenvalue weighted by molar-refractivity contribution is 7.80. The second-order valence-corrected chi connectivity index (χ2v) is 5.83. The number of hydrogen-bond acceptors (Lipinski definition) is 5. The Morgan fingerprint density at radius 2 is 1.74 bits per heavy atom. The number of H-pyrrole nitrogens is 1. The summed E-state index contributed by atoms with van der Waals surface area (Å²) >= 11 is 4.19. The lowest BCUT2D eigenvalue weighted by molar-refractivity contribution is 0.804. The maximum Gasteiger partial charge on any atom is 0.280 e. The summed E-state index contributed by atoms with van der Waals surface area (Å²) in [5.41, 5.74) is 2.46. The molecule has 3 rings (SSSR count). The van der Waals surface area contributed by atoms with Gasteiger partial charge in [0.2, 0.25) is 0 Å². The largest absolute Gasteiger partial charge is 0.323 e. The quantitative estimate of drug-likeness (QED) is 0.591. The third kappa shape index (κ3) is 5.58. The molecule has 7 heteroatoms. The van der Waals surface area contributed by atoms with Crippen LogP contribution in [0.2, 0.25) is 0 Å². The van der Waals surface area contributed by atoms with E-state index in [4.69, 9.17) is 5.26 Å². The van der Waals surface area contributed by atoms with Gasteiger partial charge in [0.25, 0.3) is 5.56 Å². The molecule has 0 atom stereocenters. The van der Waals surface area contributed by atoms with Gasteiger partial charge in [-0.2, -0.15) is 5.26 Å². The molecule has 0 aliphatic rings. The fourth-order valence-corrected chi connectivity index (χ4v) is 2.40. The van der Waals surface area contributed by atoms with Crippen LogP contribution in [-0.4, -0.2) is 28.9 Å². The van der Waals surface area contributed by atoms with E-state index in [0.717, 1.165) is 16.2 Å². The van der Waals surface area contributed by atoms with Gasteiger partial charge in [-0.1, -0.05) is 26.0 Å². The number of nitriles is 1. The topological polar surface area (TPSA) is 86.5 Å². The van der Waals surface area contributed by atoms with Crippen LogP contribution in [0.25, 0.3) is 16.9 Å². The van der Waals surface area contributed by atoms with Crippen molar-refractivity contribution in [2.75, 3.05) is 14.1 Å². The molecule has 142 valence electrons. The van der Waals surface area contributed by atoms with Crippen molar-refractivity contribution >= 4 is 12.6 Å². The van der Waals surface area contributed by atoms with E-state index in [2.05, 4.69) is 34.1 Å². The first-order valence-corrected chi connectivity index (χ1v) is 9.02. The van der Waals surface area contributed by atoms with Crippen LogP contribution in [0.15, 0.2) is 52.3 Å². The van der Waals surface area contributed by atoms with E-state index in [1.807, 2.05) is 34.9 Å². The van der Waals surface area contributed by atoms with Gasteiger partial charge in [-0.05, 0) is 50.8 Å². The minimum absolute atomic E-state index is 0.179. The molecule has 2 N–H and O–H groups in total. The first-order valence-electron chi connectivity index (χ1n) is 8.57. The Labute approximate surface area is 165 Å². The molecule has 0 fully saturated rings. The normalized spacial score (nSPS) is 9.37. The van der Waals surface area contributed by atoms with Crippen molar-refractivity contribution in [2.24, 2.45) is 0 Å². The lowest BCUT2D eigenvalue weighted by Gasteiger charge is -2.00. The first-order chi connectivity index (χ1) is 13.0. The molecule has 0 amide bonds. The number of benzene rings is 1. The second-order valence-electron chi connectivity index (χ2n) is 5.32. The second kappa shape index (κ2) is 11.0. The number of aromatic nitrogens is 3. The van der Waals surface area contributed by atoms with Crippen LogP contribution in [0, 0.1) is 18.3 Å². The molecule has 0 bridgehead atoms. The molecule has 2 heterocycles. The maximum absolute atomic E-state index is 12.6. The molecule has 2 aromatic heterocycles. The molecular weight excluding hydrogens is 358 g/mol. The summed E-state index contributed by atoms with van der Waals surface area (Å²) in [5, 5.41) is 14.6. The molecule has 1 aromatic carbocycles. The summed E-state index contributed by atoms with van der Waals surface area (Å²) < 4.78 is 1.40. The number of aryl methyl sites for hydroxylation is 1. The molecule has 0 aliphatic heterocycles. The first kappa shape index (κ1) is 22.2. The Hall–Kier alpha value is -2.82. The summed E-state index contributed by atoms with van der Waals surface area (Å²) in [7, 11) is 3.75. The van der Waals surface area contributed by atoms with Crippen LogP contribution in [0.5, 0.6) is 0 Å². The van der Waals surface area contributed by atoms with Gasteiger partial charge in [0.15, 0.2) is 5.82 Å². The predicted octanol–water partition coefficient (Wildman–Crippen LogP) is 3.56. The molecule has 0 saturated carbocycles. The van der Waals surface area contributed by atoms with Crippen molar-refractivity contribution in [3.8, 4) is 23.0 Å². The zero-order chi connectivity index (χ0) is 20.4. The van der Waals surface area contributed by atoms with Gasteiger partial charge >= 0.3 is 0 Å². The lowest BCUT2D eigenvalue weighted by Crippen LogP contribution is -2.16. The van der Waals surface area contributed by atoms with Crippen LogP contribution in [-0.2, 0) is 0 Å². The monoisotopic (exact) mass is 383 g/mol. The van der Waals surface area contributed by atoms with Gasteiger partial charge in [-0.15, -0.1) is 12.6 Å². The molecular formula is C20H25N5OS. The minimum Gasteiger partial charge on any atom is -0.323 e. The van der Waals surface area contributed by atoms with Crippen molar-refractivity contribution in [2.45, 2.75) is 25.7 Å². The number of nitrogens with one attached hydrogen (secondary N) is 2. The third-order valence-corrected chi connectivity index (χ3v) is 3.60. The fraction of sp³-hybridized carbons (Fsp3) is 0.250. The van der Waals surface area contributed by atoms with E-state index in [-0.39, 0.29) is 5.56 Å². The van der Waals surface area contributed by atoms with Crippen LogP contribution in [0.1, 0.15) is 25.1 Å². The van der Waals surface area contributed by atoms with E-state index >= 15 is 0 Å². The maximum atomic E-state index is 12.6. The summed E-state index contributed by atoms with van der Waals surface area (Å²) in [5.74, 6) is 0.505. The fourth-order valence-electron chi connectivity index (χ4n) is 2.27. The van der Waals surface area contributed by atoms with E-state index in [0.29, 0.717) is 16.9 Å². The Morgan fingerprint density at radius 3 is 2.22 bits per heavy atom. The molecule has 0 spiro atoms. The summed E-state index contributed by atoms with van der Waals surface area (Å²) in [4.78, 5) is 17.6. The molecule has 0 unspecified atom stereocenters. The Morgan fingerprint density at radius 1 is 1.15 bits per heavy atom. The van der Waals surface area contributed by atoms with E-state index in [1.54, 1.807) is 42.6 Å². The van der Waals surface area contributed by atoms with Crippen LogP contribution in [0.4, 0.5) is 0 Å². The standard InChI is InChI=1S/C16H12N4OS.C2H7N.C2H6/c1-10-15(12-4-2-11(8-17)3-5-12)16(21)20(19-10)14-7-6-13(22)9-18-14;1-3-2;1-2/h2-7,9,19,22H,1H3;3H,1-2H3;1-2H3. The number of thiol groups is 1. The number of rotatable bonds is 2. The lowest BCUT2D eigenvalue weighted by atomic mass is 10.1. The van der Waals surface area contributed by atoms with Gasteiger partial charge < -0.3 is 5.32 Å². The van der Waals surface area contributed by atoms with Crippen molar-refractivity contribution < 1.29 is 0 Å². The SMILES string of the molecule is CC.CNC.Cc1[nH]n(-c2ccc(S)cn2)c(=O)c1-c1ccc(C#N)cc1. The van der Waals surface area contributed by atoms with Crippen molar-refractivity contribution in [3.63, 3.8) is 0 Å². The van der Waals surface area contributed by atoms with E-state index in [9.17, 15) is 4.79 Å². The van der Waals surface area contributed by atoms with Gasteiger partial charge in [-0.3, -0.25) is 9.89 Å². The molecule has 27 heavy (non-hydrogen) atoms. The minimum atomic E-state index is -0.179. The van der Waals surface area contributed by atoms with Crippen LogP contribution >= 0.6 is 12.6 Å². The Balaban J connectivity index is 0.000000665. The molecule has 0 saturated heterocycles. The summed E-state index contributed by atoms with van der Waals surface area (Å²) in [6.07, 6.45) is 1.59. The average Bonchev–Trinajstić information content (AvgIpc) is 2.99. The summed E-state index contributed by atoms with van der Waals surface area (Å²) in [6, 6.07) is 12.5.